The second-order valence-electron chi connectivity index (χ2n) is 10.9. The highest BCUT2D eigenvalue weighted by molar-refractivity contribution is 5.86. The number of hydrogen-bond acceptors (Lipinski definition) is 4. The molecule has 0 spiro atoms. The van der Waals surface area contributed by atoms with Gasteiger partial charge in [0.25, 0.3) is 5.91 Å². The van der Waals surface area contributed by atoms with Crippen LogP contribution in [0.2, 0.25) is 0 Å². The summed E-state index contributed by atoms with van der Waals surface area (Å²) in [5, 5.41) is 12.9. The zero-order chi connectivity index (χ0) is 26.2. The quantitative estimate of drug-likeness (QED) is 0.575. The van der Waals surface area contributed by atoms with Crippen molar-refractivity contribution in [3.8, 4) is 0 Å². The number of carbonyl (C=O) groups is 2. The van der Waals surface area contributed by atoms with Crippen LogP contribution in [0.3, 0.4) is 0 Å². The highest BCUT2D eigenvalue weighted by atomic mass is 19.1. The number of nitrogens with zero attached hydrogens (tertiary/aromatic N) is 1. The van der Waals surface area contributed by atoms with E-state index in [0.717, 1.165) is 36.9 Å². The predicted octanol–water partition coefficient (Wildman–Crippen LogP) is 4.41. The van der Waals surface area contributed by atoms with Crippen molar-refractivity contribution >= 4 is 11.9 Å². The molecule has 2 aromatic rings. The van der Waals surface area contributed by atoms with E-state index in [1.807, 2.05) is 13.0 Å². The van der Waals surface area contributed by atoms with Crippen LogP contribution in [-0.4, -0.2) is 53.2 Å². The topological polar surface area (TPSA) is 78.9 Å². The monoisotopic (exact) mass is 512 g/mol. The molecule has 1 aliphatic carbocycles. The van der Waals surface area contributed by atoms with Crippen molar-refractivity contribution in [1.82, 2.24) is 10.2 Å². The molecule has 3 aliphatic rings. The Balaban J connectivity index is 1.21. The molecule has 8 heteroatoms. The molecule has 0 bridgehead atoms. The molecule has 37 heavy (non-hydrogen) atoms. The van der Waals surface area contributed by atoms with Crippen molar-refractivity contribution in [2.75, 3.05) is 19.7 Å². The van der Waals surface area contributed by atoms with Crippen molar-refractivity contribution in [1.29, 1.82) is 0 Å². The van der Waals surface area contributed by atoms with E-state index in [4.69, 9.17) is 4.74 Å². The van der Waals surface area contributed by atoms with Crippen LogP contribution in [0.4, 0.5) is 8.78 Å². The normalized spacial score (nSPS) is 28.6. The van der Waals surface area contributed by atoms with E-state index in [9.17, 15) is 23.5 Å². The molecule has 1 saturated carbocycles. The molecule has 2 unspecified atom stereocenters. The summed E-state index contributed by atoms with van der Waals surface area (Å²) in [6, 6.07) is 10.9. The number of aliphatic carboxylic acids is 1. The van der Waals surface area contributed by atoms with E-state index in [-0.39, 0.29) is 42.0 Å². The molecule has 2 heterocycles. The van der Waals surface area contributed by atoms with E-state index in [0.29, 0.717) is 31.6 Å². The summed E-state index contributed by atoms with van der Waals surface area (Å²) in [4.78, 5) is 27.7. The fraction of sp³-hybridized carbons (Fsp3) is 0.517. The maximum Gasteiger partial charge on any atom is 0.308 e. The van der Waals surface area contributed by atoms with Gasteiger partial charge in [0, 0.05) is 19.1 Å². The Hall–Kier alpha value is -2.84. The zero-order valence-electron chi connectivity index (χ0n) is 21.1. The number of piperidine rings is 1. The Labute approximate surface area is 216 Å². The number of ether oxygens (including phenoxy) is 1. The van der Waals surface area contributed by atoms with Gasteiger partial charge in [-0.15, -0.1) is 0 Å². The Morgan fingerprint density at radius 3 is 2.46 bits per heavy atom. The standard InChI is InChI=1S/C29H34F2N2O4/c1-18-12-19(14-23(31)13-18)15-32-28(36)29(21-4-5-21)10-8-24(17-37-29)33-11-9-25(26(16-33)27(34)35)20-2-6-22(30)7-3-20/h2-3,6-7,12-14,21,24-26H,4-5,8-11,15-17H2,1H3,(H,32,36)(H,34,35)/t24?,25?,26-,29+/m1/s1. The first-order valence-corrected chi connectivity index (χ1v) is 13.2. The van der Waals surface area contributed by atoms with Crippen LogP contribution in [0, 0.1) is 30.4 Å². The third kappa shape index (κ3) is 5.55. The molecule has 2 aromatic carbocycles. The Morgan fingerprint density at radius 1 is 1.08 bits per heavy atom. The van der Waals surface area contributed by atoms with Gasteiger partial charge in [-0.1, -0.05) is 18.2 Å². The number of benzene rings is 2. The minimum absolute atomic E-state index is 0.0431. The fourth-order valence-corrected chi connectivity index (χ4v) is 6.22. The summed E-state index contributed by atoms with van der Waals surface area (Å²) in [5.74, 6) is -2.22. The lowest BCUT2D eigenvalue weighted by Crippen LogP contribution is -2.58. The van der Waals surface area contributed by atoms with Gasteiger partial charge in [0.1, 0.15) is 17.2 Å². The number of amides is 1. The number of likely N-dealkylation sites (tertiary alicyclic amines) is 1. The molecule has 5 rings (SSSR count). The first kappa shape index (κ1) is 25.8. The number of carboxylic acids is 1. The predicted molar refractivity (Wildman–Crippen MR) is 134 cm³/mol. The van der Waals surface area contributed by atoms with Gasteiger partial charge < -0.3 is 15.2 Å². The first-order valence-electron chi connectivity index (χ1n) is 13.2. The molecule has 1 amide bonds. The van der Waals surface area contributed by atoms with Crippen LogP contribution in [0.15, 0.2) is 42.5 Å². The average Bonchev–Trinajstić information content (AvgIpc) is 3.73. The minimum atomic E-state index is -0.877. The van der Waals surface area contributed by atoms with Crippen LogP contribution in [0.25, 0.3) is 0 Å². The summed E-state index contributed by atoms with van der Waals surface area (Å²) >= 11 is 0. The van der Waals surface area contributed by atoms with Gasteiger partial charge >= 0.3 is 5.97 Å². The zero-order valence-corrected chi connectivity index (χ0v) is 21.1. The summed E-state index contributed by atoms with van der Waals surface area (Å²) in [6.07, 6.45) is 3.88. The van der Waals surface area contributed by atoms with Gasteiger partial charge in [0.2, 0.25) is 0 Å². The van der Waals surface area contributed by atoms with Crippen LogP contribution in [-0.2, 0) is 20.9 Å². The third-order valence-electron chi connectivity index (χ3n) is 8.33. The van der Waals surface area contributed by atoms with Crippen molar-refractivity contribution in [3.05, 3.63) is 70.8 Å². The van der Waals surface area contributed by atoms with Gasteiger partial charge in [-0.2, -0.15) is 0 Å². The van der Waals surface area contributed by atoms with Gasteiger partial charge in [-0.25, -0.2) is 8.78 Å². The lowest BCUT2D eigenvalue weighted by molar-refractivity contribution is -0.166. The van der Waals surface area contributed by atoms with Crippen LogP contribution < -0.4 is 5.32 Å². The summed E-state index contributed by atoms with van der Waals surface area (Å²) in [6.45, 7) is 3.56. The Morgan fingerprint density at radius 2 is 1.84 bits per heavy atom. The van der Waals surface area contributed by atoms with Crippen molar-refractivity contribution in [2.24, 2.45) is 11.8 Å². The number of nitrogens with one attached hydrogen (secondary N) is 1. The van der Waals surface area contributed by atoms with Gasteiger partial charge in [-0.3, -0.25) is 14.5 Å². The number of aryl methyl sites for hydroxylation is 1. The Kier molecular flexibility index (Phi) is 7.32. The maximum absolute atomic E-state index is 13.8. The minimum Gasteiger partial charge on any atom is -0.481 e. The molecular formula is C29H34F2N2O4. The molecule has 2 saturated heterocycles. The average molecular weight is 513 g/mol. The largest absolute Gasteiger partial charge is 0.481 e. The molecule has 6 nitrogen and oxygen atoms in total. The van der Waals surface area contributed by atoms with Crippen molar-refractivity contribution in [3.63, 3.8) is 0 Å². The van der Waals surface area contributed by atoms with E-state index < -0.39 is 17.5 Å². The molecule has 198 valence electrons. The van der Waals surface area contributed by atoms with Crippen molar-refractivity contribution in [2.45, 2.75) is 63.1 Å². The summed E-state index contributed by atoms with van der Waals surface area (Å²) in [7, 11) is 0. The smallest absolute Gasteiger partial charge is 0.308 e. The number of carboxylic acid groups (broad SMARTS) is 1. The van der Waals surface area contributed by atoms with Gasteiger partial charge in [0.15, 0.2) is 0 Å². The Bertz CT molecular complexity index is 1120. The molecule has 2 N–H and O–H groups in total. The van der Waals surface area contributed by atoms with E-state index >= 15 is 0 Å². The number of hydrogen-bond donors (Lipinski definition) is 2. The molecule has 4 atom stereocenters. The second kappa shape index (κ2) is 10.5. The van der Waals surface area contributed by atoms with Crippen molar-refractivity contribution < 1.29 is 28.2 Å². The van der Waals surface area contributed by atoms with Crippen LogP contribution in [0.5, 0.6) is 0 Å². The van der Waals surface area contributed by atoms with Gasteiger partial charge in [0.05, 0.1) is 12.5 Å². The lowest BCUT2D eigenvalue weighted by Gasteiger charge is -2.46. The van der Waals surface area contributed by atoms with E-state index in [1.165, 1.54) is 24.3 Å². The molecule has 0 aromatic heterocycles. The second-order valence-corrected chi connectivity index (χ2v) is 10.9. The highest BCUT2D eigenvalue weighted by Gasteiger charge is 2.54. The highest BCUT2D eigenvalue weighted by Crippen LogP contribution is 2.47. The van der Waals surface area contributed by atoms with Gasteiger partial charge in [-0.05, 0) is 98.4 Å². The van der Waals surface area contributed by atoms with Crippen LogP contribution >= 0.6 is 0 Å². The molecular weight excluding hydrogens is 478 g/mol. The molecule has 0 radical (unpaired) electrons. The maximum atomic E-state index is 13.8. The third-order valence-corrected chi connectivity index (χ3v) is 8.33. The first-order chi connectivity index (χ1) is 17.7. The summed E-state index contributed by atoms with van der Waals surface area (Å²) < 4.78 is 33.5. The van der Waals surface area contributed by atoms with Crippen LogP contribution in [0.1, 0.15) is 54.7 Å². The number of carbonyl (C=O) groups excluding carboxylic acids is 1. The number of rotatable bonds is 7. The molecule has 2 aliphatic heterocycles. The van der Waals surface area contributed by atoms with E-state index in [2.05, 4.69) is 10.2 Å². The fourth-order valence-electron chi connectivity index (χ4n) is 6.22. The SMILES string of the molecule is Cc1cc(F)cc(CNC(=O)[C@@]2(C3CC3)CCC(N3CCC(c4ccc(F)cc4)[C@H](C(=O)O)C3)CO2)c1. The summed E-state index contributed by atoms with van der Waals surface area (Å²) in [5.41, 5.74) is 1.50. The lowest BCUT2D eigenvalue weighted by atomic mass is 9.79. The molecule has 3 fully saturated rings. The van der Waals surface area contributed by atoms with E-state index in [1.54, 1.807) is 12.1 Å². The number of halogens is 2.